The number of nitrogens with one attached hydrogen (secondary N) is 1. The van der Waals surface area contributed by atoms with Gasteiger partial charge in [0, 0.05) is 31.3 Å². The topological polar surface area (TPSA) is 97.6 Å². The van der Waals surface area contributed by atoms with Gasteiger partial charge in [0.25, 0.3) is 11.6 Å². The predicted octanol–water partition coefficient (Wildman–Crippen LogP) is 2.52. The van der Waals surface area contributed by atoms with Gasteiger partial charge in [-0.15, -0.1) is 12.4 Å². The van der Waals surface area contributed by atoms with Crippen LogP contribution in [0.5, 0.6) is 5.75 Å². The van der Waals surface area contributed by atoms with E-state index in [1.807, 2.05) is 24.3 Å². The molecule has 3 rings (SSSR count). The molecule has 144 valence electrons. The number of hydrogen-bond donors (Lipinski definition) is 1. The summed E-state index contributed by atoms with van der Waals surface area (Å²) in [6, 6.07) is 8.62. The molecule has 0 aliphatic carbocycles. The first-order valence-corrected chi connectivity index (χ1v) is 8.28. The Kier molecular flexibility index (Phi) is 6.70. The average molecular weight is 393 g/mol. The van der Waals surface area contributed by atoms with Crippen LogP contribution in [0.1, 0.15) is 27.7 Å². The molecule has 1 atom stereocenters. The lowest BCUT2D eigenvalue weighted by Gasteiger charge is -2.37. The molecule has 0 saturated carbocycles. The number of ether oxygens (including phenoxy) is 1. The molecule has 1 amide bonds. The van der Waals surface area contributed by atoms with Gasteiger partial charge in [-0.05, 0) is 13.0 Å². The van der Waals surface area contributed by atoms with Crippen molar-refractivity contribution in [3.8, 4) is 5.75 Å². The number of methoxy groups -OCH3 is 1. The third-order valence-corrected chi connectivity index (χ3v) is 4.52. The molecular weight excluding hydrogens is 372 g/mol. The number of piperazine rings is 1. The van der Waals surface area contributed by atoms with Crippen LogP contribution in [-0.4, -0.2) is 47.5 Å². The third kappa shape index (κ3) is 4.17. The molecule has 1 saturated heterocycles. The number of halogens is 1. The van der Waals surface area contributed by atoms with E-state index in [9.17, 15) is 14.9 Å². The molecular formula is C18H21ClN4O4. The lowest BCUT2D eigenvalue weighted by Crippen LogP contribution is -2.49. The number of aromatic nitrogens is 1. The highest BCUT2D eigenvalue weighted by atomic mass is 35.5. The predicted molar refractivity (Wildman–Crippen MR) is 103 cm³/mol. The summed E-state index contributed by atoms with van der Waals surface area (Å²) in [5, 5.41) is 14.3. The van der Waals surface area contributed by atoms with E-state index in [1.165, 1.54) is 12.3 Å². The summed E-state index contributed by atoms with van der Waals surface area (Å²) >= 11 is 0. The number of amides is 1. The monoisotopic (exact) mass is 392 g/mol. The molecule has 1 aromatic heterocycles. The van der Waals surface area contributed by atoms with Crippen molar-refractivity contribution in [2.75, 3.05) is 26.7 Å². The number of para-hydroxylation sites is 1. The zero-order valence-electron chi connectivity index (χ0n) is 15.0. The molecule has 1 N–H and O–H groups in total. The van der Waals surface area contributed by atoms with Crippen LogP contribution in [0.25, 0.3) is 0 Å². The number of nitro groups is 1. The van der Waals surface area contributed by atoms with E-state index in [4.69, 9.17) is 4.74 Å². The fourth-order valence-corrected chi connectivity index (χ4v) is 3.16. The molecule has 1 fully saturated rings. The van der Waals surface area contributed by atoms with E-state index < -0.39 is 4.92 Å². The molecule has 2 aromatic rings. The normalized spacial score (nSPS) is 16.4. The second-order valence-corrected chi connectivity index (χ2v) is 6.04. The fraction of sp³-hybridized carbons (Fsp3) is 0.333. The van der Waals surface area contributed by atoms with Gasteiger partial charge in [0.15, 0.2) is 0 Å². The van der Waals surface area contributed by atoms with Crippen molar-refractivity contribution in [1.29, 1.82) is 0 Å². The maximum absolute atomic E-state index is 13.2. The number of carbonyl (C=O) groups excluding carboxylic acids is 1. The zero-order chi connectivity index (χ0) is 18.7. The SMILES string of the molecule is COc1ccccc1C1CNCCN1C(=O)c1cc([N+](=O)[O-])cnc1C.Cl. The Morgan fingerprint density at radius 1 is 1.41 bits per heavy atom. The minimum Gasteiger partial charge on any atom is -0.496 e. The van der Waals surface area contributed by atoms with Crippen molar-refractivity contribution in [2.45, 2.75) is 13.0 Å². The van der Waals surface area contributed by atoms with Gasteiger partial charge in [0.2, 0.25) is 0 Å². The Bertz CT molecular complexity index is 846. The highest BCUT2D eigenvalue weighted by Crippen LogP contribution is 2.31. The van der Waals surface area contributed by atoms with Crippen LogP contribution in [-0.2, 0) is 0 Å². The van der Waals surface area contributed by atoms with Crippen LogP contribution in [0.15, 0.2) is 36.5 Å². The standard InChI is InChI=1S/C18H20N4O4.ClH/c1-12-15(9-13(10-20-12)22(24)25)18(23)21-8-7-19-11-16(21)14-5-3-4-6-17(14)26-2;/h3-6,9-10,16,19H,7-8,11H2,1-2H3;1H. The van der Waals surface area contributed by atoms with Crippen LogP contribution in [0, 0.1) is 17.0 Å². The largest absolute Gasteiger partial charge is 0.496 e. The summed E-state index contributed by atoms with van der Waals surface area (Å²) in [7, 11) is 1.59. The summed E-state index contributed by atoms with van der Waals surface area (Å²) in [6.45, 7) is 3.40. The summed E-state index contributed by atoms with van der Waals surface area (Å²) in [6.07, 6.45) is 1.17. The number of benzene rings is 1. The summed E-state index contributed by atoms with van der Waals surface area (Å²) in [5.74, 6) is 0.434. The van der Waals surface area contributed by atoms with E-state index in [2.05, 4.69) is 10.3 Å². The smallest absolute Gasteiger partial charge is 0.288 e. The molecule has 2 heterocycles. The van der Waals surface area contributed by atoms with Gasteiger partial charge in [-0.1, -0.05) is 18.2 Å². The molecule has 1 aromatic carbocycles. The van der Waals surface area contributed by atoms with Crippen molar-refractivity contribution in [3.05, 3.63) is 63.5 Å². The molecule has 8 nitrogen and oxygen atoms in total. The molecule has 0 bridgehead atoms. The first-order chi connectivity index (χ1) is 12.5. The molecule has 27 heavy (non-hydrogen) atoms. The Morgan fingerprint density at radius 2 is 2.15 bits per heavy atom. The van der Waals surface area contributed by atoms with Gasteiger partial charge in [0.1, 0.15) is 11.9 Å². The van der Waals surface area contributed by atoms with Crippen LogP contribution < -0.4 is 10.1 Å². The van der Waals surface area contributed by atoms with Crippen molar-refractivity contribution in [2.24, 2.45) is 0 Å². The Morgan fingerprint density at radius 3 is 2.85 bits per heavy atom. The van der Waals surface area contributed by atoms with Gasteiger partial charge >= 0.3 is 0 Å². The van der Waals surface area contributed by atoms with Gasteiger partial charge < -0.3 is 15.0 Å². The van der Waals surface area contributed by atoms with Crippen LogP contribution in [0.3, 0.4) is 0 Å². The first kappa shape index (κ1) is 20.6. The Labute approximate surface area is 163 Å². The van der Waals surface area contributed by atoms with E-state index in [-0.39, 0.29) is 35.6 Å². The minimum absolute atomic E-state index is 0. The maximum atomic E-state index is 13.2. The van der Waals surface area contributed by atoms with Crippen LogP contribution >= 0.6 is 12.4 Å². The maximum Gasteiger partial charge on any atom is 0.288 e. The van der Waals surface area contributed by atoms with Crippen molar-refractivity contribution in [1.82, 2.24) is 15.2 Å². The number of nitrogens with zero attached hydrogens (tertiary/aromatic N) is 3. The van der Waals surface area contributed by atoms with Crippen molar-refractivity contribution < 1.29 is 14.5 Å². The van der Waals surface area contributed by atoms with Gasteiger partial charge in [-0.3, -0.25) is 19.9 Å². The second kappa shape index (κ2) is 8.79. The lowest BCUT2D eigenvalue weighted by molar-refractivity contribution is -0.385. The summed E-state index contributed by atoms with van der Waals surface area (Å²) < 4.78 is 5.44. The zero-order valence-corrected chi connectivity index (χ0v) is 15.9. The van der Waals surface area contributed by atoms with E-state index in [0.717, 1.165) is 5.56 Å². The summed E-state index contributed by atoms with van der Waals surface area (Å²) in [5.41, 5.74) is 1.42. The number of rotatable bonds is 4. The number of pyridine rings is 1. The molecule has 0 radical (unpaired) electrons. The second-order valence-electron chi connectivity index (χ2n) is 6.04. The van der Waals surface area contributed by atoms with Crippen molar-refractivity contribution >= 4 is 24.0 Å². The van der Waals surface area contributed by atoms with Crippen LogP contribution in [0.4, 0.5) is 5.69 Å². The lowest BCUT2D eigenvalue weighted by atomic mass is 10.0. The molecule has 0 spiro atoms. The molecule has 9 heteroatoms. The number of aryl methyl sites for hydroxylation is 1. The van der Waals surface area contributed by atoms with Crippen molar-refractivity contribution in [3.63, 3.8) is 0 Å². The van der Waals surface area contributed by atoms with E-state index >= 15 is 0 Å². The highest BCUT2D eigenvalue weighted by Gasteiger charge is 2.32. The molecule has 1 aliphatic heterocycles. The fourth-order valence-electron chi connectivity index (χ4n) is 3.16. The Hall–Kier alpha value is -2.71. The highest BCUT2D eigenvalue weighted by molar-refractivity contribution is 5.96. The molecule has 1 aliphatic rings. The average Bonchev–Trinajstić information content (AvgIpc) is 2.67. The van der Waals surface area contributed by atoms with Crippen LogP contribution in [0.2, 0.25) is 0 Å². The minimum atomic E-state index is -0.543. The van der Waals surface area contributed by atoms with Gasteiger partial charge in [0.05, 0.1) is 29.3 Å². The van der Waals surface area contributed by atoms with Gasteiger partial charge in [-0.2, -0.15) is 0 Å². The Balaban J connectivity index is 0.00000261. The third-order valence-electron chi connectivity index (χ3n) is 4.52. The number of hydrogen-bond acceptors (Lipinski definition) is 6. The summed E-state index contributed by atoms with van der Waals surface area (Å²) in [4.78, 5) is 29.4. The molecule has 1 unspecified atom stereocenters. The van der Waals surface area contributed by atoms with E-state index in [1.54, 1.807) is 18.9 Å². The first-order valence-electron chi connectivity index (χ1n) is 8.28. The number of carbonyl (C=O) groups is 1. The quantitative estimate of drug-likeness (QED) is 0.634. The van der Waals surface area contributed by atoms with E-state index in [0.29, 0.717) is 31.1 Å². The van der Waals surface area contributed by atoms with Gasteiger partial charge in [-0.25, -0.2) is 0 Å².